The third-order valence-electron chi connectivity index (χ3n) is 4.34. The molecule has 0 saturated heterocycles. The minimum atomic E-state index is 1.12. The minimum Gasteiger partial charge on any atom is -0.354 e. The number of nitrogens with one attached hydrogen (secondary N) is 1. The van der Waals surface area contributed by atoms with Gasteiger partial charge in [-0.25, -0.2) is 0 Å². The van der Waals surface area contributed by atoms with Gasteiger partial charge in [-0.1, -0.05) is 34.1 Å². The van der Waals surface area contributed by atoms with Crippen molar-refractivity contribution in [3.63, 3.8) is 0 Å². The Hall–Kier alpha value is -1.58. The highest BCUT2D eigenvalue weighted by atomic mass is 79.9. The molecule has 3 heteroatoms. The zero-order chi connectivity index (χ0) is 14.0. The Labute approximate surface area is 134 Å². The van der Waals surface area contributed by atoms with Crippen LogP contribution in [0.3, 0.4) is 0 Å². The molecule has 0 radical (unpaired) electrons. The molecule has 2 aromatic carbocycles. The van der Waals surface area contributed by atoms with Crippen LogP contribution in [0.4, 0.5) is 0 Å². The molecule has 1 N–H and O–H groups in total. The van der Waals surface area contributed by atoms with Gasteiger partial charge in [0.15, 0.2) is 0 Å². The molecule has 2 aromatic heterocycles. The fourth-order valence-electron chi connectivity index (χ4n) is 3.40. The van der Waals surface area contributed by atoms with Crippen LogP contribution in [-0.4, -0.2) is 4.98 Å². The van der Waals surface area contributed by atoms with Crippen LogP contribution in [0.2, 0.25) is 0 Å². The monoisotopic (exact) mass is 353 g/mol. The van der Waals surface area contributed by atoms with Crippen molar-refractivity contribution in [1.29, 1.82) is 0 Å². The van der Waals surface area contributed by atoms with Crippen LogP contribution in [0.25, 0.3) is 38.0 Å². The first-order valence-corrected chi connectivity index (χ1v) is 8.74. The first kappa shape index (κ1) is 12.0. The number of fused-ring (bicyclic) bond motifs is 7. The van der Waals surface area contributed by atoms with E-state index in [1.54, 1.807) is 0 Å². The zero-order valence-corrected chi connectivity index (χ0v) is 13.6. The second kappa shape index (κ2) is 4.21. The van der Waals surface area contributed by atoms with E-state index in [1.807, 2.05) is 11.3 Å². The van der Waals surface area contributed by atoms with E-state index in [0.717, 1.165) is 10.9 Å². The van der Waals surface area contributed by atoms with Gasteiger partial charge in [0, 0.05) is 35.9 Å². The molecule has 0 spiro atoms. The maximum absolute atomic E-state index is 3.56. The van der Waals surface area contributed by atoms with E-state index in [9.17, 15) is 0 Å². The number of H-pyrrole nitrogens is 1. The van der Waals surface area contributed by atoms with Crippen molar-refractivity contribution >= 4 is 65.2 Å². The molecule has 0 atom stereocenters. The smallest absolute Gasteiger partial charge is 0.0479 e. The molecule has 1 aliphatic rings. The van der Waals surface area contributed by atoms with Crippen LogP contribution in [0.5, 0.6) is 0 Å². The average Bonchev–Trinajstić information content (AvgIpc) is 3.03. The fourth-order valence-corrected chi connectivity index (χ4v) is 5.10. The van der Waals surface area contributed by atoms with Crippen molar-refractivity contribution in [2.45, 2.75) is 12.8 Å². The number of thiophene rings is 1. The minimum absolute atomic E-state index is 1.12. The molecule has 1 nitrogen and oxygen atoms in total. The Bertz CT molecular complexity index is 1050. The second-order valence-electron chi connectivity index (χ2n) is 5.57. The van der Waals surface area contributed by atoms with E-state index in [-0.39, 0.29) is 0 Å². The van der Waals surface area contributed by atoms with E-state index in [0.29, 0.717) is 0 Å². The van der Waals surface area contributed by atoms with Crippen LogP contribution >= 0.6 is 27.3 Å². The molecule has 5 rings (SSSR count). The number of aromatic nitrogens is 1. The van der Waals surface area contributed by atoms with E-state index in [2.05, 4.69) is 63.4 Å². The summed E-state index contributed by atoms with van der Waals surface area (Å²) in [7, 11) is 0. The first-order valence-electron chi connectivity index (χ1n) is 7.13. The molecule has 0 amide bonds. The molecule has 21 heavy (non-hydrogen) atoms. The summed E-state index contributed by atoms with van der Waals surface area (Å²) >= 11 is 5.49. The van der Waals surface area contributed by atoms with Crippen LogP contribution in [0.1, 0.15) is 16.9 Å². The summed E-state index contributed by atoms with van der Waals surface area (Å²) in [6, 6.07) is 11.0. The summed E-state index contributed by atoms with van der Waals surface area (Å²) in [4.78, 5) is 4.99. The number of halogens is 1. The molecule has 0 bridgehead atoms. The van der Waals surface area contributed by atoms with E-state index in [1.165, 1.54) is 48.8 Å². The summed E-state index contributed by atoms with van der Waals surface area (Å²) in [5.41, 5.74) is 3.97. The molecular formula is C18H12BrNS. The summed E-state index contributed by atoms with van der Waals surface area (Å²) in [5.74, 6) is 0. The summed E-state index contributed by atoms with van der Waals surface area (Å²) in [5, 5.41) is 4.14. The third-order valence-corrected chi connectivity index (χ3v) is 6.07. The molecule has 0 unspecified atom stereocenters. The molecule has 0 aliphatic heterocycles. The van der Waals surface area contributed by atoms with Gasteiger partial charge in [0.25, 0.3) is 0 Å². The molecule has 1 aliphatic carbocycles. The molecule has 2 heterocycles. The summed E-state index contributed by atoms with van der Waals surface area (Å²) < 4.78 is 2.55. The predicted molar refractivity (Wildman–Crippen MR) is 96.2 cm³/mol. The Kier molecular flexibility index (Phi) is 2.41. The highest BCUT2D eigenvalue weighted by molar-refractivity contribution is 9.10. The van der Waals surface area contributed by atoms with Crippen molar-refractivity contribution in [2.24, 2.45) is 0 Å². The van der Waals surface area contributed by atoms with Gasteiger partial charge in [-0.3, -0.25) is 0 Å². The van der Waals surface area contributed by atoms with Crippen molar-refractivity contribution in [3.05, 3.63) is 51.3 Å². The van der Waals surface area contributed by atoms with Gasteiger partial charge in [-0.2, -0.15) is 0 Å². The number of benzene rings is 2. The molecule has 0 fully saturated rings. The van der Waals surface area contributed by atoms with Gasteiger partial charge in [0.2, 0.25) is 0 Å². The third kappa shape index (κ3) is 1.62. The highest BCUT2D eigenvalue weighted by Gasteiger charge is 2.16. The van der Waals surface area contributed by atoms with E-state index >= 15 is 0 Å². The van der Waals surface area contributed by atoms with Crippen molar-refractivity contribution in [1.82, 2.24) is 4.98 Å². The number of allylic oxidation sites excluding steroid dienone is 1. The Morgan fingerprint density at radius 3 is 2.90 bits per heavy atom. The molecule has 0 saturated carbocycles. The van der Waals surface area contributed by atoms with Crippen molar-refractivity contribution in [3.8, 4) is 0 Å². The Balaban J connectivity index is 2.01. The predicted octanol–water partition coefficient (Wildman–Crippen LogP) is 6.26. The first-order chi connectivity index (χ1) is 10.3. The maximum atomic E-state index is 3.56. The largest absolute Gasteiger partial charge is 0.354 e. The number of hydrogen-bond donors (Lipinski definition) is 1. The van der Waals surface area contributed by atoms with Crippen LogP contribution < -0.4 is 0 Å². The normalized spacial score (nSPS) is 14.3. The fraction of sp³-hybridized carbons (Fsp3) is 0.111. The lowest BCUT2D eigenvalue weighted by Crippen LogP contribution is -1.88. The summed E-state index contributed by atoms with van der Waals surface area (Å²) in [6.45, 7) is 0. The quantitative estimate of drug-likeness (QED) is 0.384. The number of rotatable bonds is 0. The Morgan fingerprint density at radius 2 is 1.95 bits per heavy atom. The van der Waals surface area contributed by atoms with Crippen LogP contribution in [-0.2, 0) is 6.42 Å². The van der Waals surface area contributed by atoms with Crippen LogP contribution in [0, 0.1) is 0 Å². The number of aromatic amines is 1. The highest BCUT2D eigenvalue weighted by Crippen LogP contribution is 2.42. The lowest BCUT2D eigenvalue weighted by molar-refractivity contribution is 1.01. The lowest BCUT2D eigenvalue weighted by atomic mass is 10.00. The second-order valence-corrected chi connectivity index (χ2v) is 7.53. The standard InChI is InChI=1S/C18H12BrNS/c19-10-5-6-13-15(9-10)20-14-8-7-12-11-3-1-2-4-16(11)21-18(12)17(13)14/h2,4-9,20H,1,3H2. The summed E-state index contributed by atoms with van der Waals surface area (Å²) in [6.07, 6.45) is 6.92. The number of hydrogen-bond acceptors (Lipinski definition) is 1. The van der Waals surface area contributed by atoms with E-state index < -0.39 is 0 Å². The van der Waals surface area contributed by atoms with Gasteiger partial charge in [0.1, 0.15) is 0 Å². The number of aryl methyl sites for hydroxylation is 1. The van der Waals surface area contributed by atoms with Crippen molar-refractivity contribution < 1.29 is 0 Å². The van der Waals surface area contributed by atoms with Gasteiger partial charge in [0.05, 0.1) is 0 Å². The molecule has 4 aromatic rings. The topological polar surface area (TPSA) is 15.8 Å². The maximum Gasteiger partial charge on any atom is 0.0479 e. The average molecular weight is 354 g/mol. The Morgan fingerprint density at radius 1 is 1.05 bits per heavy atom. The van der Waals surface area contributed by atoms with Gasteiger partial charge in [-0.15, -0.1) is 11.3 Å². The SMILES string of the molecule is Brc1ccc2c(c1)[nH]c1ccc3c4c(sc3c12)C=CCC4. The van der Waals surface area contributed by atoms with E-state index in [4.69, 9.17) is 0 Å². The van der Waals surface area contributed by atoms with Crippen LogP contribution in [0.15, 0.2) is 40.9 Å². The zero-order valence-electron chi connectivity index (χ0n) is 11.2. The molecule has 102 valence electrons. The molecular weight excluding hydrogens is 342 g/mol. The van der Waals surface area contributed by atoms with Crippen molar-refractivity contribution in [2.75, 3.05) is 0 Å². The van der Waals surface area contributed by atoms with Gasteiger partial charge < -0.3 is 4.98 Å². The lowest BCUT2D eigenvalue weighted by Gasteiger charge is -2.04. The van der Waals surface area contributed by atoms with Gasteiger partial charge in [-0.05, 0) is 48.1 Å². The van der Waals surface area contributed by atoms with Gasteiger partial charge >= 0.3 is 0 Å².